The third-order valence-corrected chi connectivity index (χ3v) is 2.70. The molecular weight excluding hydrogens is 210 g/mol. The summed E-state index contributed by atoms with van der Waals surface area (Å²) in [6, 6.07) is 0. The molecule has 0 bridgehead atoms. The van der Waals surface area contributed by atoms with Crippen LogP contribution in [0, 0.1) is 0 Å². The van der Waals surface area contributed by atoms with E-state index in [0.29, 0.717) is 5.01 Å². The van der Waals surface area contributed by atoms with Gasteiger partial charge >= 0.3 is 6.43 Å². The first-order chi connectivity index (χ1) is 6.43. The Morgan fingerprint density at radius 2 is 2.29 bits per heavy atom. The van der Waals surface area contributed by atoms with E-state index in [1.807, 2.05) is 0 Å². The van der Waals surface area contributed by atoms with E-state index in [4.69, 9.17) is 0 Å². The van der Waals surface area contributed by atoms with Crippen molar-refractivity contribution >= 4 is 17.2 Å². The van der Waals surface area contributed by atoms with Gasteiger partial charge in [0.1, 0.15) is 5.01 Å². The van der Waals surface area contributed by atoms with Crippen molar-refractivity contribution in [2.45, 2.75) is 25.8 Å². The van der Waals surface area contributed by atoms with Crippen LogP contribution in [0.15, 0.2) is 11.6 Å². The lowest BCUT2D eigenvalue weighted by molar-refractivity contribution is -0.133. The molecule has 1 N–H and O–H groups in total. The molecule has 1 rings (SSSR count). The molecule has 0 fully saturated rings. The Balaban J connectivity index is 2.72. The standard InChI is InChI=1S/C8H10F2N2OS/c1-8(2,7-11-3-4-14-7)12-6(13)5(9)10/h3-5H,1-2H3,(H,12,13). The van der Waals surface area contributed by atoms with Gasteiger partial charge in [0.2, 0.25) is 0 Å². The van der Waals surface area contributed by atoms with Crippen molar-refractivity contribution in [3.8, 4) is 0 Å². The van der Waals surface area contributed by atoms with E-state index in [9.17, 15) is 13.6 Å². The molecule has 1 aromatic rings. The van der Waals surface area contributed by atoms with Gasteiger partial charge in [-0.2, -0.15) is 8.78 Å². The molecule has 0 aliphatic heterocycles. The third kappa shape index (κ3) is 2.47. The van der Waals surface area contributed by atoms with Crippen LogP contribution in [0.1, 0.15) is 18.9 Å². The maximum atomic E-state index is 12.0. The van der Waals surface area contributed by atoms with E-state index < -0.39 is 17.9 Å². The predicted octanol–water partition coefficient (Wildman–Crippen LogP) is 1.76. The van der Waals surface area contributed by atoms with Crippen LogP contribution in [0.5, 0.6) is 0 Å². The Morgan fingerprint density at radius 1 is 1.64 bits per heavy atom. The molecule has 0 saturated heterocycles. The molecule has 6 heteroatoms. The highest BCUT2D eigenvalue weighted by Gasteiger charge is 2.28. The summed E-state index contributed by atoms with van der Waals surface area (Å²) in [6.45, 7) is 3.26. The number of alkyl halides is 2. The summed E-state index contributed by atoms with van der Waals surface area (Å²) in [5.41, 5.74) is -0.846. The van der Waals surface area contributed by atoms with Gasteiger partial charge in [0.05, 0.1) is 5.54 Å². The minimum absolute atomic E-state index is 0.603. The largest absolute Gasteiger partial charge is 0.340 e. The normalized spacial score (nSPS) is 11.8. The van der Waals surface area contributed by atoms with Crippen LogP contribution >= 0.6 is 11.3 Å². The van der Waals surface area contributed by atoms with Crippen molar-refractivity contribution in [1.82, 2.24) is 10.3 Å². The first kappa shape index (κ1) is 11.0. The van der Waals surface area contributed by atoms with Crippen molar-refractivity contribution < 1.29 is 13.6 Å². The molecule has 0 saturated carbocycles. The Labute approximate surface area is 84.2 Å². The first-order valence-corrected chi connectivity index (χ1v) is 4.81. The minimum Gasteiger partial charge on any atom is -0.340 e. The van der Waals surface area contributed by atoms with E-state index in [1.165, 1.54) is 11.3 Å². The van der Waals surface area contributed by atoms with E-state index in [2.05, 4.69) is 10.3 Å². The first-order valence-electron chi connectivity index (χ1n) is 3.93. The van der Waals surface area contributed by atoms with Crippen LogP contribution in [0.2, 0.25) is 0 Å². The Morgan fingerprint density at radius 3 is 2.71 bits per heavy atom. The van der Waals surface area contributed by atoms with E-state index in [1.54, 1.807) is 25.4 Å². The smallest absolute Gasteiger partial charge is 0.315 e. The number of aromatic nitrogens is 1. The molecule has 1 heterocycles. The van der Waals surface area contributed by atoms with Gasteiger partial charge in [0.25, 0.3) is 5.91 Å². The summed E-state index contributed by atoms with van der Waals surface area (Å²) < 4.78 is 23.9. The van der Waals surface area contributed by atoms with Crippen molar-refractivity contribution in [1.29, 1.82) is 0 Å². The molecule has 0 aliphatic carbocycles. The van der Waals surface area contributed by atoms with Crippen molar-refractivity contribution in [3.05, 3.63) is 16.6 Å². The average molecular weight is 220 g/mol. The molecule has 0 aromatic carbocycles. The second-order valence-electron chi connectivity index (χ2n) is 3.25. The Bertz CT molecular complexity index is 311. The minimum atomic E-state index is -2.99. The highest BCUT2D eigenvalue weighted by Crippen LogP contribution is 2.22. The van der Waals surface area contributed by atoms with E-state index in [-0.39, 0.29) is 0 Å². The van der Waals surface area contributed by atoms with Crippen LogP contribution in [0.3, 0.4) is 0 Å². The summed E-state index contributed by atoms with van der Waals surface area (Å²) >= 11 is 1.31. The predicted molar refractivity (Wildman–Crippen MR) is 49.3 cm³/mol. The maximum Gasteiger partial charge on any atom is 0.315 e. The maximum absolute atomic E-state index is 12.0. The quantitative estimate of drug-likeness (QED) is 0.843. The lowest BCUT2D eigenvalue weighted by atomic mass is 10.1. The lowest BCUT2D eigenvalue weighted by Crippen LogP contribution is -2.43. The van der Waals surface area contributed by atoms with Crippen LogP contribution in [-0.2, 0) is 10.3 Å². The number of carbonyl (C=O) groups is 1. The lowest BCUT2D eigenvalue weighted by Gasteiger charge is -2.23. The zero-order valence-corrected chi connectivity index (χ0v) is 8.57. The van der Waals surface area contributed by atoms with Gasteiger partial charge in [-0.3, -0.25) is 4.79 Å². The zero-order valence-electron chi connectivity index (χ0n) is 7.75. The fourth-order valence-electron chi connectivity index (χ4n) is 0.948. The van der Waals surface area contributed by atoms with Gasteiger partial charge in [0.15, 0.2) is 0 Å². The Hall–Kier alpha value is -1.04. The molecule has 0 aliphatic rings. The zero-order chi connectivity index (χ0) is 10.8. The number of hydrogen-bond acceptors (Lipinski definition) is 3. The summed E-state index contributed by atoms with van der Waals surface area (Å²) in [7, 11) is 0. The third-order valence-electron chi connectivity index (χ3n) is 1.60. The second kappa shape index (κ2) is 4.00. The van der Waals surface area contributed by atoms with Crippen molar-refractivity contribution in [2.75, 3.05) is 0 Å². The number of rotatable bonds is 3. The summed E-state index contributed by atoms with van der Waals surface area (Å²) in [6.07, 6.45) is -1.43. The number of nitrogens with one attached hydrogen (secondary N) is 1. The van der Waals surface area contributed by atoms with Crippen LogP contribution in [0.4, 0.5) is 8.78 Å². The molecule has 3 nitrogen and oxygen atoms in total. The SMILES string of the molecule is CC(C)(NC(=O)C(F)F)c1nccs1. The molecule has 1 aromatic heterocycles. The van der Waals surface area contributed by atoms with Gasteiger partial charge < -0.3 is 5.32 Å². The summed E-state index contributed by atoms with van der Waals surface area (Å²) in [5, 5.41) is 4.55. The number of amides is 1. The number of carbonyl (C=O) groups excluding carboxylic acids is 1. The molecule has 0 spiro atoms. The average Bonchev–Trinajstić information content (AvgIpc) is 2.54. The van der Waals surface area contributed by atoms with Gasteiger partial charge in [0, 0.05) is 11.6 Å². The number of thiazole rings is 1. The summed E-state index contributed by atoms with van der Waals surface area (Å²) in [5.74, 6) is -1.27. The Kier molecular flexibility index (Phi) is 3.15. The van der Waals surface area contributed by atoms with Crippen molar-refractivity contribution in [2.24, 2.45) is 0 Å². The van der Waals surface area contributed by atoms with E-state index in [0.717, 1.165) is 0 Å². The monoisotopic (exact) mass is 220 g/mol. The summed E-state index contributed by atoms with van der Waals surface area (Å²) in [4.78, 5) is 14.7. The molecule has 78 valence electrons. The molecule has 0 unspecified atom stereocenters. The number of nitrogens with zero attached hydrogens (tertiary/aromatic N) is 1. The molecule has 0 atom stereocenters. The van der Waals surface area contributed by atoms with Crippen LogP contribution in [-0.4, -0.2) is 17.3 Å². The highest BCUT2D eigenvalue weighted by atomic mass is 32.1. The van der Waals surface area contributed by atoms with Crippen molar-refractivity contribution in [3.63, 3.8) is 0 Å². The van der Waals surface area contributed by atoms with Crippen LogP contribution in [0.25, 0.3) is 0 Å². The topological polar surface area (TPSA) is 42.0 Å². The molecule has 1 amide bonds. The van der Waals surface area contributed by atoms with Gasteiger partial charge in [-0.25, -0.2) is 4.98 Å². The number of hydrogen-bond donors (Lipinski definition) is 1. The fraction of sp³-hybridized carbons (Fsp3) is 0.500. The highest BCUT2D eigenvalue weighted by molar-refractivity contribution is 7.09. The molecule has 14 heavy (non-hydrogen) atoms. The molecule has 0 radical (unpaired) electrons. The van der Waals surface area contributed by atoms with Gasteiger partial charge in [-0.05, 0) is 13.8 Å². The van der Waals surface area contributed by atoms with Gasteiger partial charge in [-0.15, -0.1) is 11.3 Å². The number of halogens is 2. The van der Waals surface area contributed by atoms with E-state index >= 15 is 0 Å². The second-order valence-corrected chi connectivity index (χ2v) is 4.15. The fourth-order valence-corrected chi connectivity index (χ4v) is 1.67. The van der Waals surface area contributed by atoms with Crippen LogP contribution < -0.4 is 5.32 Å². The molecular formula is C8H10F2N2OS. The van der Waals surface area contributed by atoms with Gasteiger partial charge in [-0.1, -0.05) is 0 Å².